The summed E-state index contributed by atoms with van der Waals surface area (Å²) < 4.78 is 78.8. The van der Waals surface area contributed by atoms with Gasteiger partial charge >= 0.3 is 12.3 Å². The summed E-state index contributed by atoms with van der Waals surface area (Å²) in [6.07, 6.45) is -9.49. The lowest BCUT2D eigenvalue weighted by Crippen LogP contribution is -2.41. The highest BCUT2D eigenvalue weighted by molar-refractivity contribution is 5.22. The second kappa shape index (κ2) is 4.46. The Balaban J connectivity index is 2.82. The van der Waals surface area contributed by atoms with Gasteiger partial charge in [-0.1, -0.05) is 0 Å². The molecule has 0 N–H and O–H groups in total. The van der Waals surface area contributed by atoms with E-state index in [1.165, 1.54) is 0 Å². The van der Waals surface area contributed by atoms with E-state index >= 15 is 0 Å². The van der Waals surface area contributed by atoms with Crippen molar-refractivity contribution in [2.24, 2.45) is 5.92 Å². The summed E-state index contributed by atoms with van der Waals surface area (Å²) in [5.74, 6) is -4.20. The van der Waals surface area contributed by atoms with Crippen LogP contribution >= 0.6 is 0 Å². The molecule has 0 aliphatic carbocycles. The number of alkyl halides is 5. The second-order valence-electron chi connectivity index (χ2n) is 3.38. The molecule has 0 aliphatic rings. The van der Waals surface area contributed by atoms with E-state index in [-0.39, 0.29) is 0 Å². The fraction of sp³-hybridized carbons (Fsp3) is 0.400. The maximum Gasteiger partial charge on any atom is 0.409 e. The largest absolute Gasteiger partial charge is 0.432 e. The fourth-order valence-corrected chi connectivity index (χ4v) is 0.939. The van der Waals surface area contributed by atoms with Gasteiger partial charge in [-0.2, -0.15) is 22.0 Å². The molecule has 0 radical (unpaired) electrons. The maximum absolute atomic E-state index is 13.1. The summed E-state index contributed by atoms with van der Waals surface area (Å²) in [5.41, 5.74) is 0. The van der Waals surface area contributed by atoms with E-state index in [9.17, 15) is 26.3 Å². The van der Waals surface area contributed by atoms with Crippen LogP contribution in [0.25, 0.3) is 0 Å². The van der Waals surface area contributed by atoms with Crippen LogP contribution in [0.15, 0.2) is 24.3 Å². The van der Waals surface area contributed by atoms with Crippen LogP contribution in [0.2, 0.25) is 0 Å². The molecule has 0 fully saturated rings. The quantitative estimate of drug-likeness (QED) is 0.745. The first-order valence-corrected chi connectivity index (χ1v) is 4.52. The van der Waals surface area contributed by atoms with Gasteiger partial charge in [-0.3, -0.25) is 0 Å². The third kappa shape index (κ3) is 3.54. The lowest BCUT2D eigenvalue weighted by molar-refractivity contribution is -0.298. The van der Waals surface area contributed by atoms with E-state index in [2.05, 4.69) is 4.74 Å². The molecule has 1 nitrogen and oxygen atoms in total. The topological polar surface area (TPSA) is 9.23 Å². The molecule has 1 atom stereocenters. The Kier molecular flexibility index (Phi) is 3.59. The summed E-state index contributed by atoms with van der Waals surface area (Å²) in [4.78, 5) is 0. The van der Waals surface area contributed by atoms with Crippen LogP contribution in [0.5, 0.6) is 5.75 Å². The number of hydrogen-bond donors (Lipinski definition) is 0. The van der Waals surface area contributed by atoms with Crippen LogP contribution in [0, 0.1) is 11.7 Å². The molecule has 1 unspecified atom stereocenters. The van der Waals surface area contributed by atoms with Crippen molar-refractivity contribution >= 4 is 0 Å². The zero-order valence-corrected chi connectivity index (χ0v) is 8.56. The van der Waals surface area contributed by atoms with Gasteiger partial charge in [0.25, 0.3) is 0 Å². The number of hydrogen-bond acceptors (Lipinski definition) is 1. The molecular formula is C10H8F6O. The molecule has 0 aromatic heterocycles. The summed E-state index contributed by atoms with van der Waals surface area (Å²) in [6, 6.07) is 3.27. The van der Waals surface area contributed by atoms with Crippen molar-refractivity contribution in [1.82, 2.24) is 0 Å². The summed E-state index contributed by atoms with van der Waals surface area (Å²) in [6.45, 7) is 0.309. The van der Waals surface area contributed by atoms with Gasteiger partial charge in [-0.05, 0) is 31.2 Å². The minimum Gasteiger partial charge on any atom is -0.432 e. The lowest BCUT2D eigenvalue weighted by Gasteiger charge is -2.25. The SMILES string of the molecule is CC(C(F)(F)F)C(F)(F)Oc1ccc(F)cc1. The van der Waals surface area contributed by atoms with Gasteiger partial charge in [0.05, 0.1) is 0 Å². The Labute approximate surface area is 93.0 Å². The molecule has 0 spiro atoms. The minimum atomic E-state index is -5.08. The predicted molar refractivity (Wildman–Crippen MR) is 47.2 cm³/mol. The standard InChI is InChI=1S/C10H8F6O/c1-6(9(12,13)14)10(15,16)17-8-4-2-7(11)3-5-8/h2-6H,1H3. The highest BCUT2D eigenvalue weighted by atomic mass is 19.4. The van der Waals surface area contributed by atoms with Crippen LogP contribution < -0.4 is 4.74 Å². The molecule has 17 heavy (non-hydrogen) atoms. The van der Waals surface area contributed by atoms with Gasteiger partial charge in [0.2, 0.25) is 0 Å². The van der Waals surface area contributed by atoms with E-state index in [1.54, 1.807) is 0 Å². The predicted octanol–water partition coefficient (Wildman–Crippen LogP) is 4.00. The fourth-order valence-electron chi connectivity index (χ4n) is 0.939. The smallest absolute Gasteiger partial charge is 0.409 e. The third-order valence-electron chi connectivity index (χ3n) is 2.06. The average molecular weight is 258 g/mol. The highest BCUT2D eigenvalue weighted by Gasteiger charge is 2.54. The van der Waals surface area contributed by atoms with Gasteiger partial charge in [-0.25, -0.2) is 4.39 Å². The maximum atomic E-state index is 13.1. The number of rotatable bonds is 3. The summed E-state index contributed by atoms with van der Waals surface area (Å²) in [5, 5.41) is 0. The van der Waals surface area contributed by atoms with Gasteiger partial charge in [-0.15, -0.1) is 0 Å². The molecule has 1 aromatic rings. The van der Waals surface area contributed by atoms with Crippen molar-refractivity contribution < 1.29 is 31.1 Å². The molecule has 7 heteroatoms. The zero-order valence-electron chi connectivity index (χ0n) is 8.56. The normalized spacial score (nSPS) is 14.5. The molecule has 0 heterocycles. The Morgan fingerprint density at radius 3 is 1.88 bits per heavy atom. The Morgan fingerprint density at radius 1 is 1.00 bits per heavy atom. The monoisotopic (exact) mass is 258 g/mol. The molecule has 0 bridgehead atoms. The molecule has 0 saturated carbocycles. The van der Waals surface area contributed by atoms with E-state index in [0.29, 0.717) is 6.92 Å². The molecule has 96 valence electrons. The summed E-state index contributed by atoms with van der Waals surface area (Å²) >= 11 is 0. The molecule has 0 amide bonds. The Bertz CT molecular complexity index is 369. The van der Waals surface area contributed by atoms with Crippen LogP contribution in [0.4, 0.5) is 26.3 Å². The first kappa shape index (κ1) is 13.7. The van der Waals surface area contributed by atoms with Crippen LogP contribution in [0.3, 0.4) is 0 Å². The van der Waals surface area contributed by atoms with E-state index in [4.69, 9.17) is 0 Å². The second-order valence-corrected chi connectivity index (χ2v) is 3.38. The van der Waals surface area contributed by atoms with Crippen molar-refractivity contribution in [1.29, 1.82) is 0 Å². The molecule has 0 saturated heterocycles. The van der Waals surface area contributed by atoms with Crippen molar-refractivity contribution in [3.63, 3.8) is 0 Å². The van der Waals surface area contributed by atoms with Gasteiger partial charge in [0.1, 0.15) is 11.6 Å². The number of benzene rings is 1. The Hall–Kier alpha value is -1.40. The van der Waals surface area contributed by atoms with E-state index in [0.717, 1.165) is 24.3 Å². The van der Waals surface area contributed by atoms with Crippen molar-refractivity contribution in [2.75, 3.05) is 0 Å². The van der Waals surface area contributed by atoms with Crippen LogP contribution in [0.1, 0.15) is 6.92 Å². The Morgan fingerprint density at radius 2 is 1.47 bits per heavy atom. The van der Waals surface area contributed by atoms with Crippen molar-refractivity contribution in [3.8, 4) is 5.75 Å². The third-order valence-corrected chi connectivity index (χ3v) is 2.06. The minimum absolute atomic E-state index is 0.309. The number of ether oxygens (including phenoxy) is 1. The van der Waals surface area contributed by atoms with E-state index in [1.807, 2.05) is 0 Å². The van der Waals surface area contributed by atoms with Gasteiger partial charge < -0.3 is 4.74 Å². The zero-order chi connectivity index (χ0) is 13.3. The highest BCUT2D eigenvalue weighted by Crippen LogP contribution is 2.39. The van der Waals surface area contributed by atoms with Crippen LogP contribution in [-0.2, 0) is 0 Å². The van der Waals surface area contributed by atoms with Crippen molar-refractivity contribution in [3.05, 3.63) is 30.1 Å². The number of halogens is 6. The molecule has 1 aromatic carbocycles. The summed E-state index contributed by atoms with van der Waals surface area (Å²) in [7, 11) is 0. The first-order valence-electron chi connectivity index (χ1n) is 4.52. The van der Waals surface area contributed by atoms with E-state index < -0.39 is 29.8 Å². The molecule has 1 rings (SSSR count). The lowest BCUT2D eigenvalue weighted by atomic mass is 10.1. The molecule has 0 aliphatic heterocycles. The van der Waals surface area contributed by atoms with Gasteiger partial charge in [0.15, 0.2) is 5.92 Å². The molecular weight excluding hydrogens is 250 g/mol. The van der Waals surface area contributed by atoms with Crippen LogP contribution in [-0.4, -0.2) is 12.3 Å². The van der Waals surface area contributed by atoms with Gasteiger partial charge in [0, 0.05) is 0 Å². The average Bonchev–Trinajstić information content (AvgIpc) is 2.19. The van der Waals surface area contributed by atoms with Crippen molar-refractivity contribution in [2.45, 2.75) is 19.2 Å². The first-order chi connectivity index (χ1) is 7.63.